The van der Waals surface area contributed by atoms with Crippen molar-refractivity contribution in [3.8, 4) is 0 Å². The average Bonchev–Trinajstić information content (AvgIpc) is 2.80. The highest BCUT2D eigenvalue weighted by Crippen LogP contribution is 2.31. The van der Waals surface area contributed by atoms with Gasteiger partial charge in [-0.25, -0.2) is 4.98 Å². The Morgan fingerprint density at radius 3 is 2.95 bits per heavy atom. The quantitative estimate of drug-likeness (QED) is 0.716. The Morgan fingerprint density at radius 1 is 1.52 bits per heavy atom. The van der Waals surface area contributed by atoms with Gasteiger partial charge in [-0.05, 0) is 43.6 Å². The molecule has 1 aromatic carbocycles. The fraction of sp³-hybridized carbons (Fsp3) is 0.429. The molecule has 21 heavy (non-hydrogen) atoms. The van der Waals surface area contributed by atoms with Crippen molar-refractivity contribution >= 4 is 56.5 Å². The zero-order valence-corrected chi connectivity index (χ0v) is 15.1. The number of imidazole rings is 1. The van der Waals surface area contributed by atoms with E-state index in [0.29, 0.717) is 0 Å². The molecule has 0 aliphatic heterocycles. The number of carbonyl (C=O) groups is 1. The molecule has 2 aromatic rings. The van der Waals surface area contributed by atoms with E-state index in [-0.39, 0.29) is 11.8 Å². The maximum absolute atomic E-state index is 10.8. The van der Waals surface area contributed by atoms with Crippen LogP contribution in [0.25, 0.3) is 11.0 Å². The van der Waals surface area contributed by atoms with Crippen LogP contribution in [0.1, 0.15) is 19.4 Å². The highest BCUT2D eigenvalue weighted by molar-refractivity contribution is 9.10. The van der Waals surface area contributed by atoms with Gasteiger partial charge in [-0.3, -0.25) is 4.79 Å². The lowest BCUT2D eigenvalue weighted by molar-refractivity contribution is -0.133. The first-order valence-electron chi connectivity index (χ1n) is 6.54. The van der Waals surface area contributed by atoms with Crippen molar-refractivity contribution in [3.05, 3.63) is 22.7 Å². The molecule has 1 aromatic heterocycles. The fourth-order valence-electron chi connectivity index (χ4n) is 2.12. The number of thioether (sulfide) groups is 2. The van der Waals surface area contributed by atoms with Crippen molar-refractivity contribution in [1.29, 1.82) is 0 Å². The molecule has 4 nitrogen and oxygen atoms in total. The van der Waals surface area contributed by atoms with Crippen LogP contribution < -0.4 is 0 Å². The van der Waals surface area contributed by atoms with Gasteiger partial charge in [0.15, 0.2) is 5.16 Å². The summed E-state index contributed by atoms with van der Waals surface area (Å²) in [5, 5.41) is 9.67. The lowest BCUT2D eigenvalue weighted by Crippen LogP contribution is -2.09. The highest BCUT2D eigenvalue weighted by atomic mass is 79.9. The summed E-state index contributed by atoms with van der Waals surface area (Å²) in [6, 6.07) is 6.25. The molecule has 1 atom stereocenters. The van der Waals surface area contributed by atoms with Gasteiger partial charge in [-0.15, -0.1) is 0 Å². The van der Waals surface area contributed by atoms with Gasteiger partial charge in [0, 0.05) is 10.5 Å². The third kappa shape index (κ3) is 4.17. The molecule has 0 aliphatic rings. The summed E-state index contributed by atoms with van der Waals surface area (Å²) in [6.07, 6.45) is 3.12. The number of carboxylic acid groups (broad SMARTS) is 1. The largest absolute Gasteiger partial charge is 0.481 e. The van der Waals surface area contributed by atoms with Crippen molar-refractivity contribution in [1.82, 2.24) is 9.55 Å². The van der Waals surface area contributed by atoms with Gasteiger partial charge in [0.1, 0.15) is 0 Å². The van der Waals surface area contributed by atoms with Crippen LogP contribution >= 0.6 is 39.5 Å². The van der Waals surface area contributed by atoms with E-state index >= 15 is 0 Å². The fourth-order valence-corrected chi connectivity index (χ4v) is 3.87. The molecule has 0 saturated heterocycles. The van der Waals surface area contributed by atoms with E-state index in [1.165, 1.54) is 11.8 Å². The van der Waals surface area contributed by atoms with Gasteiger partial charge in [-0.1, -0.05) is 27.7 Å². The van der Waals surface area contributed by atoms with E-state index in [9.17, 15) is 4.79 Å². The number of halogens is 1. The second kappa shape index (κ2) is 7.56. The number of aliphatic carboxylic acids is 1. The standard InChI is InChI=1S/C14H17BrN2O2S2/c1-9(5-6-20-2)17-12-7-10(15)3-4-11(12)16-14(17)21-8-13(18)19/h3-4,7,9H,5-6,8H2,1-2H3,(H,18,19). The summed E-state index contributed by atoms with van der Waals surface area (Å²) in [7, 11) is 0. The first-order valence-corrected chi connectivity index (χ1v) is 9.71. The number of hydrogen-bond donors (Lipinski definition) is 1. The molecule has 7 heteroatoms. The first-order chi connectivity index (χ1) is 10.0. The Bertz CT molecular complexity index is 645. The van der Waals surface area contributed by atoms with Crippen LogP contribution in [-0.4, -0.2) is 38.4 Å². The van der Waals surface area contributed by atoms with E-state index in [1.807, 2.05) is 30.0 Å². The van der Waals surface area contributed by atoms with E-state index in [0.717, 1.165) is 32.8 Å². The van der Waals surface area contributed by atoms with E-state index < -0.39 is 5.97 Å². The predicted molar refractivity (Wildman–Crippen MR) is 93.5 cm³/mol. The predicted octanol–water partition coefficient (Wildman–Crippen LogP) is 4.29. The topological polar surface area (TPSA) is 55.1 Å². The molecular weight excluding hydrogens is 372 g/mol. The Labute approximate surface area is 140 Å². The average molecular weight is 389 g/mol. The van der Waals surface area contributed by atoms with Gasteiger partial charge in [0.05, 0.1) is 16.8 Å². The van der Waals surface area contributed by atoms with Crippen LogP contribution in [0.5, 0.6) is 0 Å². The Hall–Kier alpha value is -0.660. The zero-order valence-electron chi connectivity index (χ0n) is 11.9. The number of carboxylic acids is 1. The van der Waals surface area contributed by atoms with Crippen LogP contribution in [0.2, 0.25) is 0 Å². The Kier molecular flexibility index (Phi) is 6.01. The molecule has 0 spiro atoms. The summed E-state index contributed by atoms with van der Waals surface area (Å²) in [4.78, 5) is 15.4. The lowest BCUT2D eigenvalue weighted by atomic mass is 10.2. The molecule has 114 valence electrons. The first kappa shape index (κ1) is 16.7. The second-order valence-electron chi connectivity index (χ2n) is 4.71. The zero-order chi connectivity index (χ0) is 15.4. The molecule has 2 rings (SSSR count). The molecule has 0 radical (unpaired) electrons. The van der Waals surface area contributed by atoms with Crippen molar-refractivity contribution in [2.24, 2.45) is 0 Å². The second-order valence-corrected chi connectivity index (χ2v) is 7.55. The lowest BCUT2D eigenvalue weighted by Gasteiger charge is -2.16. The monoisotopic (exact) mass is 388 g/mol. The van der Waals surface area contributed by atoms with Crippen molar-refractivity contribution in [3.63, 3.8) is 0 Å². The van der Waals surface area contributed by atoms with Crippen molar-refractivity contribution in [2.75, 3.05) is 17.8 Å². The van der Waals surface area contributed by atoms with E-state index in [2.05, 4.69) is 38.7 Å². The van der Waals surface area contributed by atoms with Crippen LogP contribution in [0.15, 0.2) is 27.8 Å². The summed E-state index contributed by atoms with van der Waals surface area (Å²) >= 11 is 6.59. The molecule has 0 saturated carbocycles. The number of fused-ring (bicyclic) bond motifs is 1. The maximum Gasteiger partial charge on any atom is 0.313 e. The molecular formula is C14H17BrN2O2S2. The summed E-state index contributed by atoms with van der Waals surface area (Å²) in [5.74, 6) is 0.272. The molecule has 1 unspecified atom stereocenters. The molecule has 0 bridgehead atoms. The number of benzene rings is 1. The third-order valence-corrected chi connectivity index (χ3v) is 5.20. The van der Waals surface area contributed by atoms with Crippen molar-refractivity contribution in [2.45, 2.75) is 24.5 Å². The number of rotatable bonds is 7. The van der Waals surface area contributed by atoms with E-state index in [4.69, 9.17) is 5.11 Å². The Balaban J connectivity index is 2.42. The van der Waals surface area contributed by atoms with Gasteiger partial charge in [-0.2, -0.15) is 11.8 Å². The van der Waals surface area contributed by atoms with Crippen LogP contribution in [0.4, 0.5) is 0 Å². The minimum Gasteiger partial charge on any atom is -0.481 e. The SMILES string of the molecule is CSCCC(C)n1c(SCC(=O)O)nc2ccc(Br)cc21. The number of nitrogens with zero attached hydrogens (tertiary/aromatic N) is 2. The minimum atomic E-state index is -0.823. The maximum atomic E-state index is 10.8. The minimum absolute atomic E-state index is 0.0275. The third-order valence-electron chi connectivity index (χ3n) is 3.12. The molecule has 0 fully saturated rings. The van der Waals surface area contributed by atoms with Crippen LogP contribution in [0.3, 0.4) is 0 Å². The summed E-state index contributed by atoms with van der Waals surface area (Å²) in [5.41, 5.74) is 1.95. The normalized spacial score (nSPS) is 12.7. The highest BCUT2D eigenvalue weighted by Gasteiger charge is 2.17. The van der Waals surface area contributed by atoms with Crippen LogP contribution in [0, 0.1) is 0 Å². The number of aromatic nitrogens is 2. The number of hydrogen-bond acceptors (Lipinski definition) is 4. The van der Waals surface area contributed by atoms with E-state index in [1.54, 1.807) is 0 Å². The van der Waals surface area contributed by atoms with Gasteiger partial charge in [0.25, 0.3) is 0 Å². The summed E-state index contributed by atoms with van der Waals surface area (Å²) in [6.45, 7) is 2.16. The van der Waals surface area contributed by atoms with Gasteiger partial charge >= 0.3 is 5.97 Å². The molecule has 0 amide bonds. The summed E-state index contributed by atoms with van der Waals surface area (Å²) < 4.78 is 3.16. The van der Waals surface area contributed by atoms with Crippen LogP contribution in [-0.2, 0) is 4.79 Å². The smallest absolute Gasteiger partial charge is 0.313 e. The molecule has 1 heterocycles. The Morgan fingerprint density at radius 2 is 2.29 bits per heavy atom. The molecule has 1 N–H and O–H groups in total. The van der Waals surface area contributed by atoms with Crippen molar-refractivity contribution < 1.29 is 9.90 Å². The van der Waals surface area contributed by atoms with Gasteiger partial charge < -0.3 is 9.67 Å². The molecule has 0 aliphatic carbocycles. The van der Waals surface area contributed by atoms with Gasteiger partial charge in [0.2, 0.25) is 0 Å².